The van der Waals surface area contributed by atoms with E-state index in [1.54, 1.807) is 42.6 Å². The number of benzene rings is 2. The molecule has 1 heterocycles. The van der Waals surface area contributed by atoms with Crippen LogP contribution >= 0.6 is 11.6 Å². The van der Waals surface area contributed by atoms with Gasteiger partial charge in [0.2, 0.25) is 5.78 Å². The molecule has 158 valence electrons. The highest BCUT2D eigenvalue weighted by atomic mass is 35.5. The molecule has 0 fully saturated rings. The van der Waals surface area contributed by atoms with Crippen LogP contribution in [0, 0.1) is 0 Å². The van der Waals surface area contributed by atoms with E-state index in [1.807, 2.05) is 38.1 Å². The van der Waals surface area contributed by atoms with E-state index in [4.69, 9.17) is 11.6 Å². The van der Waals surface area contributed by atoms with Crippen molar-refractivity contribution in [3.8, 4) is 0 Å². The molecule has 0 bridgehead atoms. The zero-order valence-corrected chi connectivity index (χ0v) is 19.5. The molecule has 0 saturated heterocycles. The zero-order valence-electron chi connectivity index (χ0n) is 17.9. The minimum absolute atomic E-state index is 0.0197. The molecule has 1 atom stereocenters. The van der Waals surface area contributed by atoms with Crippen molar-refractivity contribution in [2.24, 2.45) is 0 Å². The average Bonchev–Trinajstić information content (AvgIpc) is 2.76. The van der Waals surface area contributed by atoms with Crippen LogP contribution in [0.25, 0.3) is 0 Å². The van der Waals surface area contributed by atoms with E-state index in [2.05, 4.69) is 30.5 Å². The first kappa shape index (κ1) is 23.8. The van der Waals surface area contributed by atoms with E-state index in [9.17, 15) is 9.00 Å². The molecule has 4 nitrogen and oxygen atoms in total. The van der Waals surface area contributed by atoms with Crippen molar-refractivity contribution < 1.29 is 9.00 Å². The molecule has 0 saturated carbocycles. The Balaban J connectivity index is 0.00000155. The molecular weight excluding hydrogens is 416 g/mol. The van der Waals surface area contributed by atoms with Gasteiger partial charge in [-0.3, -0.25) is 9.78 Å². The minimum atomic E-state index is -1.52. The van der Waals surface area contributed by atoms with Gasteiger partial charge < -0.3 is 4.72 Å². The number of pyridine rings is 1. The lowest BCUT2D eigenvalue weighted by atomic mass is 9.87. The second kappa shape index (κ2) is 10.5. The number of ketones is 1. The maximum atomic E-state index is 12.8. The zero-order chi connectivity index (χ0) is 22.3. The highest BCUT2D eigenvalue weighted by Crippen LogP contribution is 2.26. The average molecular weight is 443 g/mol. The van der Waals surface area contributed by atoms with Crippen molar-refractivity contribution in [2.75, 3.05) is 4.72 Å². The summed E-state index contributed by atoms with van der Waals surface area (Å²) in [6.07, 6.45) is 1.56. The Morgan fingerprint density at radius 2 is 1.67 bits per heavy atom. The van der Waals surface area contributed by atoms with Crippen LogP contribution in [0.5, 0.6) is 0 Å². The molecule has 0 radical (unpaired) electrons. The second-order valence-corrected chi connectivity index (χ2v) is 9.03. The Morgan fingerprint density at radius 3 is 2.23 bits per heavy atom. The lowest BCUT2D eigenvalue weighted by Gasteiger charge is -2.19. The maximum absolute atomic E-state index is 12.8. The molecule has 0 spiro atoms. The number of nitrogens with one attached hydrogen (secondary N) is 1. The highest BCUT2D eigenvalue weighted by molar-refractivity contribution is 7.86. The van der Waals surface area contributed by atoms with Crippen molar-refractivity contribution in [2.45, 2.75) is 44.9 Å². The lowest BCUT2D eigenvalue weighted by molar-refractivity contribution is 0.103. The van der Waals surface area contributed by atoms with Crippen molar-refractivity contribution in [3.05, 3.63) is 88.7 Å². The number of anilines is 1. The summed E-state index contributed by atoms with van der Waals surface area (Å²) in [4.78, 5) is 17.6. The van der Waals surface area contributed by atoms with Crippen molar-refractivity contribution in [1.29, 1.82) is 0 Å². The fourth-order valence-corrected chi connectivity index (χ4v) is 3.72. The van der Waals surface area contributed by atoms with Gasteiger partial charge in [-0.25, -0.2) is 4.21 Å². The summed E-state index contributed by atoms with van der Waals surface area (Å²) in [5.41, 5.74) is 2.24. The molecule has 6 heteroatoms. The van der Waals surface area contributed by atoms with Gasteiger partial charge in [-0.1, -0.05) is 64.4 Å². The standard InChI is InChI=1S/C22H21ClN2O2S.C2H6/c1-22(2,3)15-7-10-17(11-8-15)28(27)25-19-12-9-16(23)14-18(19)21(26)20-6-4-5-13-24-20;1-2/h4-14,25H,1-3H3;1-2H3. The third-order valence-electron chi connectivity index (χ3n) is 4.26. The summed E-state index contributed by atoms with van der Waals surface area (Å²) in [6.45, 7) is 10.4. The lowest BCUT2D eigenvalue weighted by Crippen LogP contribution is -2.13. The quantitative estimate of drug-likeness (QED) is 0.463. The van der Waals surface area contributed by atoms with Crippen molar-refractivity contribution in [3.63, 3.8) is 0 Å². The molecule has 0 amide bonds. The molecule has 0 aliphatic carbocycles. The smallest absolute Gasteiger partial charge is 0.213 e. The number of carbonyl (C=O) groups excluding carboxylic acids is 1. The van der Waals surface area contributed by atoms with Gasteiger partial charge >= 0.3 is 0 Å². The predicted octanol–water partition coefficient (Wildman–Crippen LogP) is 6.42. The van der Waals surface area contributed by atoms with Gasteiger partial charge in [-0.2, -0.15) is 0 Å². The Morgan fingerprint density at radius 1 is 1.00 bits per heavy atom. The van der Waals surface area contributed by atoms with Crippen LogP contribution in [0.3, 0.4) is 0 Å². The predicted molar refractivity (Wildman–Crippen MR) is 126 cm³/mol. The van der Waals surface area contributed by atoms with Gasteiger partial charge in [-0.15, -0.1) is 0 Å². The highest BCUT2D eigenvalue weighted by Gasteiger charge is 2.18. The van der Waals surface area contributed by atoms with Gasteiger partial charge in [0.05, 0.1) is 10.6 Å². The number of aromatic nitrogens is 1. The van der Waals surface area contributed by atoms with Crippen molar-refractivity contribution >= 4 is 34.1 Å². The Labute approximate surface area is 186 Å². The Bertz CT molecular complexity index is 1010. The van der Waals surface area contributed by atoms with Gasteiger partial charge in [-0.05, 0) is 53.4 Å². The summed E-state index contributed by atoms with van der Waals surface area (Å²) in [5.74, 6) is -0.286. The molecular formula is C24H27ClN2O2S. The van der Waals surface area contributed by atoms with Gasteiger partial charge in [0.1, 0.15) is 16.7 Å². The molecule has 30 heavy (non-hydrogen) atoms. The number of hydrogen-bond donors (Lipinski definition) is 1. The summed E-state index contributed by atoms with van der Waals surface area (Å²) >= 11 is 6.09. The van der Waals surface area contributed by atoms with Crippen LogP contribution in [0.2, 0.25) is 5.02 Å². The first-order valence-electron chi connectivity index (χ1n) is 9.80. The van der Waals surface area contributed by atoms with Crippen molar-refractivity contribution in [1.82, 2.24) is 4.98 Å². The van der Waals surface area contributed by atoms with Crippen LogP contribution in [-0.4, -0.2) is 15.0 Å². The van der Waals surface area contributed by atoms with Crippen LogP contribution in [0.15, 0.2) is 71.8 Å². The molecule has 3 aromatic rings. The normalized spacial score (nSPS) is 11.8. The van der Waals surface area contributed by atoms with Crippen LogP contribution < -0.4 is 4.72 Å². The monoisotopic (exact) mass is 442 g/mol. The van der Waals surface area contributed by atoms with Gasteiger partial charge in [0.15, 0.2) is 0 Å². The van der Waals surface area contributed by atoms with E-state index in [-0.39, 0.29) is 11.2 Å². The largest absolute Gasteiger partial charge is 0.300 e. The van der Waals surface area contributed by atoms with Gasteiger partial charge in [0.25, 0.3) is 0 Å². The summed E-state index contributed by atoms with van der Waals surface area (Å²) in [7, 11) is -1.52. The SMILES string of the molecule is CC.CC(C)(C)c1ccc(S(=O)Nc2ccc(Cl)cc2C(=O)c2ccccn2)cc1. The molecule has 3 rings (SSSR count). The number of carbonyl (C=O) groups is 1. The summed E-state index contributed by atoms with van der Waals surface area (Å²) in [6, 6.07) is 17.6. The molecule has 1 aromatic heterocycles. The van der Waals surface area contributed by atoms with E-state index in [0.29, 0.717) is 26.9 Å². The Kier molecular flexibility index (Phi) is 8.33. The third-order valence-corrected chi connectivity index (χ3v) is 5.60. The third kappa shape index (κ3) is 6.00. The fraction of sp³-hybridized carbons (Fsp3) is 0.250. The maximum Gasteiger partial charge on any atom is 0.213 e. The fourth-order valence-electron chi connectivity index (χ4n) is 2.67. The molecule has 1 N–H and O–H groups in total. The van der Waals surface area contributed by atoms with Crippen LogP contribution in [-0.2, 0) is 16.4 Å². The number of rotatable bonds is 5. The molecule has 2 aromatic carbocycles. The van der Waals surface area contributed by atoms with Crippen LogP contribution in [0.4, 0.5) is 5.69 Å². The molecule has 0 aliphatic rings. The second-order valence-electron chi connectivity index (χ2n) is 7.38. The van der Waals surface area contributed by atoms with E-state index in [1.165, 1.54) is 0 Å². The van der Waals surface area contributed by atoms with E-state index < -0.39 is 11.0 Å². The molecule has 1 unspecified atom stereocenters. The molecule has 0 aliphatic heterocycles. The summed E-state index contributed by atoms with van der Waals surface area (Å²) in [5, 5.41) is 0.421. The first-order chi connectivity index (χ1) is 14.3. The number of nitrogens with zero attached hydrogens (tertiary/aromatic N) is 1. The number of hydrogen-bond acceptors (Lipinski definition) is 3. The van der Waals surface area contributed by atoms with E-state index in [0.717, 1.165) is 5.56 Å². The van der Waals surface area contributed by atoms with E-state index >= 15 is 0 Å². The van der Waals surface area contributed by atoms with Crippen LogP contribution in [0.1, 0.15) is 56.2 Å². The first-order valence-corrected chi connectivity index (χ1v) is 11.3. The number of halogens is 1. The van der Waals surface area contributed by atoms with Gasteiger partial charge in [0, 0.05) is 16.8 Å². The minimum Gasteiger partial charge on any atom is -0.300 e. The summed E-state index contributed by atoms with van der Waals surface area (Å²) < 4.78 is 15.7. The topological polar surface area (TPSA) is 59.1 Å². The Hall–Kier alpha value is -2.50.